The lowest BCUT2D eigenvalue weighted by Crippen LogP contribution is -2.34. The quantitative estimate of drug-likeness (QED) is 0.483. The number of hydrogen-bond donors (Lipinski definition) is 1. The molecule has 1 aliphatic heterocycles. The number of cyclic esters (lactones) is 1. The lowest BCUT2D eigenvalue weighted by molar-refractivity contribution is -0.275. The summed E-state index contributed by atoms with van der Waals surface area (Å²) in [6.07, 6.45) is -1.89. The molecule has 1 amide bonds. The normalized spacial score (nSPS) is 16.8. The van der Waals surface area contributed by atoms with E-state index >= 15 is 0 Å². The molecule has 2 atom stereocenters. The summed E-state index contributed by atoms with van der Waals surface area (Å²) in [5.74, 6) is -1.32. The van der Waals surface area contributed by atoms with E-state index in [4.69, 9.17) is 4.74 Å². The number of carbonyl (C=O) groups excluding carboxylic acids is 1. The van der Waals surface area contributed by atoms with E-state index in [1.54, 1.807) is 20.0 Å². The topological polar surface area (TPSA) is 107 Å². The number of nitrogens with one attached hydrogen (secondary N) is 1. The van der Waals surface area contributed by atoms with Gasteiger partial charge in [-0.1, -0.05) is 6.92 Å². The first-order chi connectivity index (χ1) is 16.5. The fourth-order valence-corrected chi connectivity index (χ4v) is 3.47. The average Bonchev–Trinajstić information content (AvgIpc) is 3.41. The fourth-order valence-electron chi connectivity index (χ4n) is 3.47. The maximum atomic E-state index is 14.1. The minimum Gasteiger partial charge on any atom is -0.447 e. The number of aromatic nitrogens is 5. The summed E-state index contributed by atoms with van der Waals surface area (Å²) in [6, 6.07) is 2.47. The Hall–Kier alpha value is -3.97. The van der Waals surface area contributed by atoms with Gasteiger partial charge in [0.1, 0.15) is 12.4 Å². The van der Waals surface area contributed by atoms with Crippen LogP contribution in [-0.2, 0) is 4.74 Å². The molecule has 0 bridgehead atoms. The standard InChI is InChI=1S/C21H21F4N7O3/c1-4-13-9-34-20(33)32(13)19-29-12(3)28-18(30-19)27-11(2)16-8-31(10-26-16)14-5-6-17(15(22)7-14)35-21(23,24)25/h5-8,10-11,13H,4,9H2,1-3H3,(H,27,28,29,30)/t11-,13-/m0/s1. The molecule has 0 unspecified atom stereocenters. The predicted octanol–water partition coefficient (Wildman–Crippen LogP) is 4.31. The summed E-state index contributed by atoms with van der Waals surface area (Å²) in [4.78, 5) is 30.7. The summed E-state index contributed by atoms with van der Waals surface area (Å²) in [7, 11) is 0. The van der Waals surface area contributed by atoms with Gasteiger partial charge < -0.3 is 19.4 Å². The maximum Gasteiger partial charge on any atom is 0.573 e. The molecule has 14 heteroatoms. The van der Waals surface area contributed by atoms with Gasteiger partial charge in [-0.05, 0) is 32.4 Å². The number of alkyl halides is 3. The second-order valence-corrected chi connectivity index (χ2v) is 7.75. The van der Waals surface area contributed by atoms with E-state index in [0.29, 0.717) is 17.9 Å². The molecule has 0 saturated carbocycles. The third-order valence-corrected chi connectivity index (χ3v) is 5.21. The van der Waals surface area contributed by atoms with Crippen molar-refractivity contribution in [2.45, 2.75) is 45.6 Å². The van der Waals surface area contributed by atoms with Crippen LogP contribution in [0.4, 0.5) is 34.3 Å². The highest BCUT2D eigenvalue weighted by atomic mass is 19.4. The molecule has 0 radical (unpaired) electrons. The van der Waals surface area contributed by atoms with E-state index in [0.717, 1.165) is 12.1 Å². The van der Waals surface area contributed by atoms with Crippen molar-refractivity contribution < 1.29 is 31.8 Å². The number of hydrogen-bond acceptors (Lipinski definition) is 8. The SMILES string of the molecule is CC[C@H]1COC(=O)N1c1nc(C)nc(N[C@@H](C)c2cn(-c3ccc(OC(F)(F)F)c(F)c3)cn2)n1. The van der Waals surface area contributed by atoms with Gasteiger partial charge >= 0.3 is 12.5 Å². The van der Waals surface area contributed by atoms with E-state index in [1.165, 1.54) is 21.9 Å². The van der Waals surface area contributed by atoms with E-state index in [1.807, 2.05) is 6.92 Å². The zero-order valence-corrected chi connectivity index (χ0v) is 18.9. The number of nitrogens with zero attached hydrogens (tertiary/aromatic N) is 6. The van der Waals surface area contributed by atoms with Crippen molar-refractivity contribution in [3.8, 4) is 11.4 Å². The number of halogens is 4. The highest BCUT2D eigenvalue weighted by Crippen LogP contribution is 2.28. The van der Waals surface area contributed by atoms with Crippen LogP contribution in [0, 0.1) is 12.7 Å². The van der Waals surface area contributed by atoms with E-state index in [-0.39, 0.29) is 30.2 Å². The highest BCUT2D eigenvalue weighted by molar-refractivity contribution is 5.88. The first-order valence-electron chi connectivity index (χ1n) is 10.6. The minimum atomic E-state index is -4.99. The third-order valence-electron chi connectivity index (χ3n) is 5.21. The number of aryl methyl sites for hydroxylation is 1. The molecular formula is C21H21F4N7O3. The summed E-state index contributed by atoms with van der Waals surface area (Å²) in [5.41, 5.74) is 0.770. The van der Waals surface area contributed by atoms with Gasteiger partial charge in [-0.15, -0.1) is 13.2 Å². The second kappa shape index (κ2) is 9.35. The summed E-state index contributed by atoms with van der Waals surface area (Å²) in [6.45, 7) is 5.62. The van der Waals surface area contributed by atoms with Crippen LogP contribution in [0.15, 0.2) is 30.7 Å². The van der Waals surface area contributed by atoms with Crippen molar-refractivity contribution in [1.29, 1.82) is 0 Å². The van der Waals surface area contributed by atoms with Crippen molar-refractivity contribution >= 4 is 18.0 Å². The van der Waals surface area contributed by atoms with Gasteiger partial charge in [0.05, 0.1) is 24.1 Å². The summed E-state index contributed by atoms with van der Waals surface area (Å²) in [5, 5.41) is 3.09. The van der Waals surface area contributed by atoms with E-state index in [9.17, 15) is 22.4 Å². The molecule has 0 aliphatic carbocycles. The highest BCUT2D eigenvalue weighted by Gasteiger charge is 2.35. The van der Waals surface area contributed by atoms with E-state index in [2.05, 4.69) is 30.0 Å². The van der Waals surface area contributed by atoms with Crippen molar-refractivity contribution in [3.63, 3.8) is 0 Å². The van der Waals surface area contributed by atoms with Crippen LogP contribution in [0.2, 0.25) is 0 Å². The third kappa shape index (κ3) is 5.41. The van der Waals surface area contributed by atoms with Crippen LogP contribution in [0.25, 0.3) is 5.69 Å². The van der Waals surface area contributed by atoms with Crippen LogP contribution in [0.3, 0.4) is 0 Å². The van der Waals surface area contributed by atoms with Gasteiger partial charge in [0.2, 0.25) is 11.9 Å². The Kier molecular flexibility index (Phi) is 6.45. The van der Waals surface area contributed by atoms with Crippen molar-refractivity contribution in [2.24, 2.45) is 0 Å². The lowest BCUT2D eigenvalue weighted by atomic mass is 10.2. The van der Waals surface area contributed by atoms with Crippen molar-refractivity contribution in [1.82, 2.24) is 24.5 Å². The van der Waals surface area contributed by atoms with Crippen molar-refractivity contribution in [3.05, 3.63) is 48.1 Å². The van der Waals surface area contributed by atoms with Crippen LogP contribution in [0.1, 0.15) is 37.8 Å². The van der Waals surface area contributed by atoms with Crippen molar-refractivity contribution in [2.75, 3.05) is 16.8 Å². The number of anilines is 2. The minimum absolute atomic E-state index is 0.170. The molecule has 186 valence electrons. The molecule has 1 saturated heterocycles. The maximum absolute atomic E-state index is 14.1. The van der Waals surface area contributed by atoms with Crippen LogP contribution < -0.4 is 15.0 Å². The lowest BCUT2D eigenvalue weighted by Gasteiger charge is -2.19. The number of benzene rings is 1. The number of rotatable bonds is 7. The monoisotopic (exact) mass is 495 g/mol. The van der Waals surface area contributed by atoms with Gasteiger partial charge in [0.15, 0.2) is 11.6 Å². The molecule has 3 aromatic rings. The average molecular weight is 495 g/mol. The Morgan fingerprint density at radius 2 is 2.06 bits per heavy atom. The molecule has 1 N–H and O–H groups in total. The summed E-state index contributed by atoms with van der Waals surface area (Å²) >= 11 is 0. The Morgan fingerprint density at radius 1 is 1.29 bits per heavy atom. The molecule has 1 aromatic carbocycles. The summed E-state index contributed by atoms with van der Waals surface area (Å²) < 4.78 is 61.3. The fraction of sp³-hybridized carbons (Fsp3) is 0.381. The van der Waals surface area contributed by atoms with Crippen LogP contribution in [-0.4, -0.2) is 49.6 Å². The molecule has 35 heavy (non-hydrogen) atoms. The Morgan fingerprint density at radius 3 is 2.74 bits per heavy atom. The van der Waals surface area contributed by atoms with Gasteiger partial charge in [-0.3, -0.25) is 0 Å². The number of carbonyl (C=O) groups is 1. The number of amides is 1. The van der Waals surface area contributed by atoms with Crippen LogP contribution >= 0.6 is 0 Å². The predicted molar refractivity (Wildman–Crippen MR) is 115 cm³/mol. The second-order valence-electron chi connectivity index (χ2n) is 7.75. The molecule has 1 fully saturated rings. The smallest absolute Gasteiger partial charge is 0.447 e. The van der Waals surface area contributed by atoms with E-state index < -0.39 is 30.1 Å². The zero-order valence-electron chi connectivity index (χ0n) is 18.9. The van der Waals surface area contributed by atoms with Gasteiger partial charge in [-0.25, -0.2) is 19.1 Å². The molecule has 1 aliphatic rings. The largest absolute Gasteiger partial charge is 0.573 e. The molecule has 3 heterocycles. The first-order valence-corrected chi connectivity index (χ1v) is 10.6. The molecular weight excluding hydrogens is 474 g/mol. The zero-order chi connectivity index (χ0) is 25.3. The Bertz CT molecular complexity index is 1230. The first kappa shape index (κ1) is 24.2. The number of imidazole rings is 1. The molecule has 2 aromatic heterocycles. The Balaban J connectivity index is 1.51. The van der Waals surface area contributed by atoms with Gasteiger partial charge in [0.25, 0.3) is 0 Å². The van der Waals surface area contributed by atoms with Crippen LogP contribution in [0.5, 0.6) is 5.75 Å². The Labute approximate surface area is 196 Å². The van der Waals surface area contributed by atoms with Gasteiger partial charge in [0, 0.05) is 18.0 Å². The number of ether oxygens (including phenoxy) is 2. The molecule has 10 nitrogen and oxygen atoms in total. The van der Waals surface area contributed by atoms with Gasteiger partial charge in [-0.2, -0.15) is 15.0 Å². The molecule has 0 spiro atoms. The molecule has 4 rings (SSSR count).